The lowest BCUT2D eigenvalue weighted by atomic mass is 10.2. The molecule has 1 aromatic heterocycles. The predicted octanol–water partition coefficient (Wildman–Crippen LogP) is 3.40. The Hall–Kier alpha value is -1.88. The van der Waals surface area contributed by atoms with Crippen molar-refractivity contribution in [3.8, 4) is 0 Å². The van der Waals surface area contributed by atoms with Crippen molar-refractivity contribution in [2.75, 3.05) is 11.1 Å². The van der Waals surface area contributed by atoms with Gasteiger partial charge in [-0.3, -0.25) is 4.79 Å². The Morgan fingerprint density at radius 1 is 1.30 bits per heavy atom. The molecule has 1 heterocycles. The number of halogens is 1. The number of pyridine rings is 1. The lowest BCUT2D eigenvalue weighted by molar-refractivity contribution is -0.113. The SMILES string of the molecule is Cc1ccnc(NC(=O)CSCc2ccc(F)cc2)c1. The van der Waals surface area contributed by atoms with Crippen molar-refractivity contribution in [3.05, 3.63) is 59.5 Å². The van der Waals surface area contributed by atoms with Crippen LogP contribution in [0.25, 0.3) is 0 Å². The van der Waals surface area contributed by atoms with Gasteiger partial charge in [0.15, 0.2) is 0 Å². The van der Waals surface area contributed by atoms with Crippen LogP contribution in [-0.2, 0) is 10.5 Å². The van der Waals surface area contributed by atoms with E-state index in [-0.39, 0.29) is 11.7 Å². The first-order chi connectivity index (χ1) is 9.63. The molecular weight excluding hydrogens is 275 g/mol. The molecule has 2 aromatic rings. The van der Waals surface area contributed by atoms with Crippen molar-refractivity contribution in [1.82, 2.24) is 4.98 Å². The lowest BCUT2D eigenvalue weighted by Gasteiger charge is -2.05. The van der Waals surface area contributed by atoms with Crippen LogP contribution in [0, 0.1) is 12.7 Å². The molecule has 1 N–H and O–H groups in total. The Morgan fingerprint density at radius 3 is 2.75 bits per heavy atom. The highest BCUT2D eigenvalue weighted by Gasteiger charge is 2.04. The number of nitrogens with zero attached hydrogens (tertiary/aromatic N) is 1. The second-order valence-corrected chi connectivity index (χ2v) is 5.37. The van der Waals surface area contributed by atoms with Crippen LogP contribution < -0.4 is 5.32 Å². The maximum absolute atomic E-state index is 12.7. The highest BCUT2D eigenvalue weighted by Crippen LogP contribution is 2.13. The summed E-state index contributed by atoms with van der Waals surface area (Å²) in [4.78, 5) is 15.8. The third-order valence-electron chi connectivity index (χ3n) is 2.60. The van der Waals surface area contributed by atoms with Crippen molar-refractivity contribution >= 4 is 23.5 Å². The van der Waals surface area contributed by atoms with Crippen LogP contribution in [0.4, 0.5) is 10.2 Å². The largest absolute Gasteiger partial charge is 0.310 e. The van der Waals surface area contributed by atoms with Crippen molar-refractivity contribution in [3.63, 3.8) is 0 Å². The third-order valence-corrected chi connectivity index (χ3v) is 3.60. The highest BCUT2D eigenvalue weighted by molar-refractivity contribution is 7.99. The molecule has 0 aliphatic carbocycles. The van der Waals surface area contributed by atoms with E-state index in [1.54, 1.807) is 18.3 Å². The second-order valence-electron chi connectivity index (χ2n) is 4.39. The van der Waals surface area contributed by atoms with Crippen LogP contribution in [0.2, 0.25) is 0 Å². The van der Waals surface area contributed by atoms with E-state index in [4.69, 9.17) is 0 Å². The van der Waals surface area contributed by atoms with Gasteiger partial charge in [-0.1, -0.05) is 12.1 Å². The molecule has 5 heteroatoms. The fourth-order valence-electron chi connectivity index (χ4n) is 1.63. The summed E-state index contributed by atoms with van der Waals surface area (Å²) in [5, 5.41) is 2.75. The number of amides is 1. The van der Waals surface area contributed by atoms with Gasteiger partial charge < -0.3 is 5.32 Å². The molecular formula is C15H15FN2OS. The second kappa shape index (κ2) is 7.05. The van der Waals surface area contributed by atoms with Crippen molar-refractivity contribution < 1.29 is 9.18 Å². The average Bonchev–Trinajstić information content (AvgIpc) is 2.41. The van der Waals surface area contributed by atoms with Crippen LogP contribution in [0.1, 0.15) is 11.1 Å². The molecule has 20 heavy (non-hydrogen) atoms. The molecule has 0 saturated heterocycles. The molecule has 0 unspecified atom stereocenters. The summed E-state index contributed by atoms with van der Waals surface area (Å²) < 4.78 is 12.7. The number of carbonyl (C=O) groups excluding carboxylic acids is 1. The van der Waals surface area contributed by atoms with E-state index in [9.17, 15) is 9.18 Å². The molecule has 0 fully saturated rings. The van der Waals surface area contributed by atoms with E-state index in [2.05, 4.69) is 10.3 Å². The molecule has 0 bridgehead atoms. The minimum absolute atomic E-state index is 0.0878. The fraction of sp³-hybridized carbons (Fsp3) is 0.200. The number of benzene rings is 1. The summed E-state index contributed by atoms with van der Waals surface area (Å²) in [7, 11) is 0. The number of hydrogen-bond donors (Lipinski definition) is 1. The van der Waals surface area contributed by atoms with Gasteiger partial charge in [0.05, 0.1) is 5.75 Å². The molecule has 0 radical (unpaired) electrons. The van der Waals surface area contributed by atoms with Gasteiger partial charge in [0, 0.05) is 11.9 Å². The normalized spacial score (nSPS) is 10.3. The van der Waals surface area contributed by atoms with Crippen molar-refractivity contribution in [2.24, 2.45) is 0 Å². The Bertz CT molecular complexity index is 587. The van der Waals surface area contributed by atoms with Crippen LogP contribution in [-0.4, -0.2) is 16.6 Å². The van der Waals surface area contributed by atoms with Gasteiger partial charge in [0.25, 0.3) is 0 Å². The first-order valence-electron chi connectivity index (χ1n) is 6.18. The van der Waals surface area contributed by atoms with Gasteiger partial charge in [-0.05, 0) is 42.3 Å². The Kier molecular flexibility index (Phi) is 5.12. The minimum atomic E-state index is -0.248. The van der Waals surface area contributed by atoms with Crippen molar-refractivity contribution in [2.45, 2.75) is 12.7 Å². The van der Waals surface area contributed by atoms with Crippen LogP contribution in [0.15, 0.2) is 42.6 Å². The number of thioether (sulfide) groups is 1. The summed E-state index contributed by atoms with van der Waals surface area (Å²) >= 11 is 1.48. The molecule has 0 saturated carbocycles. The molecule has 0 aliphatic heterocycles. The van der Waals surface area contributed by atoms with Gasteiger partial charge in [-0.2, -0.15) is 0 Å². The number of aromatic nitrogens is 1. The minimum Gasteiger partial charge on any atom is -0.310 e. The molecule has 2 rings (SSSR count). The predicted molar refractivity (Wildman–Crippen MR) is 80.2 cm³/mol. The maximum atomic E-state index is 12.7. The number of nitrogens with one attached hydrogen (secondary N) is 1. The number of anilines is 1. The quantitative estimate of drug-likeness (QED) is 0.917. The van der Waals surface area contributed by atoms with E-state index in [0.717, 1.165) is 11.1 Å². The molecule has 3 nitrogen and oxygen atoms in total. The van der Waals surface area contributed by atoms with E-state index in [1.807, 2.05) is 19.1 Å². The summed E-state index contributed by atoms with van der Waals surface area (Å²) in [5.41, 5.74) is 2.05. The van der Waals surface area contributed by atoms with E-state index < -0.39 is 0 Å². The Morgan fingerprint density at radius 2 is 2.05 bits per heavy atom. The number of rotatable bonds is 5. The van der Waals surface area contributed by atoms with Crippen LogP contribution in [0.3, 0.4) is 0 Å². The van der Waals surface area contributed by atoms with E-state index >= 15 is 0 Å². The first-order valence-corrected chi connectivity index (χ1v) is 7.33. The van der Waals surface area contributed by atoms with E-state index in [0.29, 0.717) is 17.3 Å². The summed E-state index contributed by atoms with van der Waals surface area (Å²) in [6.07, 6.45) is 1.66. The molecule has 1 amide bonds. The highest BCUT2D eigenvalue weighted by atomic mass is 32.2. The first kappa shape index (κ1) is 14.5. The zero-order chi connectivity index (χ0) is 14.4. The van der Waals surface area contributed by atoms with Crippen molar-refractivity contribution in [1.29, 1.82) is 0 Å². The summed E-state index contributed by atoms with van der Waals surface area (Å²) in [6.45, 7) is 1.95. The van der Waals surface area contributed by atoms with Gasteiger partial charge in [-0.15, -0.1) is 11.8 Å². The Labute approximate surface area is 121 Å². The third kappa shape index (κ3) is 4.66. The monoisotopic (exact) mass is 290 g/mol. The molecule has 0 atom stereocenters. The standard InChI is InChI=1S/C15H15FN2OS/c1-11-6-7-17-14(8-11)18-15(19)10-20-9-12-2-4-13(16)5-3-12/h2-8H,9-10H2,1H3,(H,17,18,19). The average molecular weight is 290 g/mol. The summed E-state index contributed by atoms with van der Waals surface area (Å²) in [6, 6.07) is 9.99. The fourth-order valence-corrected chi connectivity index (χ4v) is 2.41. The zero-order valence-electron chi connectivity index (χ0n) is 11.1. The van der Waals surface area contributed by atoms with E-state index in [1.165, 1.54) is 23.9 Å². The van der Waals surface area contributed by atoms with Crippen LogP contribution >= 0.6 is 11.8 Å². The van der Waals surface area contributed by atoms with Gasteiger partial charge in [0.2, 0.25) is 5.91 Å². The molecule has 104 valence electrons. The smallest absolute Gasteiger partial charge is 0.235 e. The van der Waals surface area contributed by atoms with Gasteiger partial charge in [-0.25, -0.2) is 9.37 Å². The molecule has 0 spiro atoms. The van der Waals surface area contributed by atoms with Crippen LogP contribution in [0.5, 0.6) is 0 Å². The molecule has 1 aromatic carbocycles. The maximum Gasteiger partial charge on any atom is 0.235 e. The zero-order valence-corrected chi connectivity index (χ0v) is 11.9. The molecule has 0 aliphatic rings. The topological polar surface area (TPSA) is 42.0 Å². The Balaban J connectivity index is 1.76. The van der Waals surface area contributed by atoms with Gasteiger partial charge >= 0.3 is 0 Å². The summed E-state index contributed by atoms with van der Waals surface area (Å²) in [5.74, 6) is 1.25. The van der Waals surface area contributed by atoms with Gasteiger partial charge in [0.1, 0.15) is 11.6 Å². The number of aryl methyl sites for hydroxylation is 1. The lowest BCUT2D eigenvalue weighted by Crippen LogP contribution is -2.15. The number of carbonyl (C=O) groups is 1. The number of hydrogen-bond acceptors (Lipinski definition) is 3.